The molecule has 1 aromatic rings. The predicted molar refractivity (Wildman–Crippen MR) is 83.3 cm³/mol. The largest absolute Gasteiger partial charge is 0.573 e. The van der Waals surface area contributed by atoms with Gasteiger partial charge in [0.25, 0.3) is 0 Å². The van der Waals surface area contributed by atoms with Crippen molar-refractivity contribution in [3.8, 4) is 5.75 Å². The van der Waals surface area contributed by atoms with Crippen LogP contribution in [0.3, 0.4) is 0 Å². The molecule has 0 saturated carbocycles. The van der Waals surface area contributed by atoms with E-state index >= 15 is 0 Å². The number of ether oxygens (including phenoxy) is 1. The summed E-state index contributed by atoms with van der Waals surface area (Å²) in [7, 11) is 1.59. The van der Waals surface area contributed by atoms with E-state index in [1.165, 1.54) is 23.1 Å². The van der Waals surface area contributed by atoms with Gasteiger partial charge in [-0.2, -0.15) is 11.8 Å². The molecule has 1 unspecified atom stereocenters. The Balaban J connectivity index is 1.96. The molecule has 2 rings (SSSR count). The quantitative estimate of drug-likeness (QED) is 0.888. The second-order valence-corrected chi connectivity index (χ2v) is 6.49. The number of amides is 1. The second-order valence-electron chi connectivity index (χ2n) is 5.34. The zero-order valence-corrected chi connectivity index (χ0v) is 13.5. The van der Waals surface area contributed by atoms with Gasteiger partial charge < -0.3 is 15.0 Å². The van der Waals surface area contributed by atoms with E-state index in [4.69, 9.17) is 0 Å². The predicted octanol–water partition coefficient (Wildman–Crippen LogP) is 2.64. The lowest BCUT2D eigenvalue weighted by Gasteiger charge is -2.25. The fourth-order valence-electron chi connectivity index (χ4n) is 2.32. The van der Waals surface area contributed by atoms with Crippen molar-refractivity contribution in [1.29, 1.82) is 0 Å². The normalized spacial score (nSPS) is 18.5. The molecular weight excluding hydrogens is 329 g/mol. The van der Waals surface area contributed by atoms with Gasteiger partial charge in [0.15, 0.2) is 0 Å². The van der Waals surface area contributed by atoms with Crippen LogP contribution >= 0.6 is 11.8 Å². The van der Waals surface area contributed by atoms with Crippen LogP contribution in [0.4, 0.5) is 13.2 Å². The van der Waals surface area contributed by atoms with E-state index in [1.807, 2.05) is 0 Å². The van der Waals surface area contributed by atoms with Crippen LogP contribution in [0.1, 0.15) is 12.0 Å². The Bertz CT molecular complexity index is 534. The first-order valence-corrected chi connectivity index (χ1v) is 8.39. The highest BCUT2D eigenvalue weighted by molar-refractivity contribution is 7.99. The highest BCUT2D eigenvalue weighted by Gasteiger charge is 2.32. The van der Waals surface area contributed by atoms with E-state index in [0.717, 1.165) is 18.1 Å². The SMILES string of the molecule is CN(Cc1ccccc1OC(F)(F)F)C(=O)CC1CSCCN1. The molecule has 1 amide bonds. The molecule has 1 N–H and O–H groups in total. The molecule has 1 atom stereocenters. The molecule has 1 fully saturated rings. The maximum atomic E-state index is 12.4. The Labute approximate surface area is 137 Å². The molecule has 0 radical (unpaired) electrons. The summed E-state index contributed by atoms with van der Waals surface area (Å²) in [5.41, 5.74) is 0.326. The first kappa shape index (κ1) is 17.9. The number of benzene rings is 1. The molecule has 0 aliphatic carbocycles. The van der Waals surface area contributed by atoms with Crippen LogP contribution in [-0.2, 0) is 11.3 Å². The Morgan fingerprint density at radius 3 is 2.83 bits per heavy atom. The van der Waals surface area contributed by atoms with Gasteiger partial charge in [-0.1, -0.05) is 18.2 Å². The summed E-state index contributed by atoms with van der Waals surface area (Å²) in [4.78, 5) is 13.7. The van der Waals surface area contributed by atoms with E-state index in [9.17, 15) is 18.0 Å². The number of rotatable bonds is 5. The first-order chi connectivity index (χ1) is 10.8. The fraction of sp³-hybridized carbons (Fsp3) is 0.533. The van der Waals surface area contributed by atoms with Gasteiger partial charge >= 0.3 is 6.36 Å². The Kier molecular flexibility index (Phi) is 6.17. The molecule has 0 aromatic heterocycles. The van der Waals surface area contributed by atoms with Crippen LogP contribution in [0.5, 0.6) is 5.75 Å². The zero-order chi connectivity index (χ0) is 16.9. The smallest absolute Gasteiger partial charge is 0.405 e. The molecule has 1 aliphatic heterocycles. The number of hydrogen-bond donors (Lipinski definition) is 1. The van der Waals surface area contributed by atoms with Gasteiger partial charge in [-0.3, -0.25) is 4.79 Å². The average molecular weight is 348 g/mol. The van der Waals surface area contributed by atoms with Crippen LogP contribution in [0.25, 0.3) is 0 Å². The minimum absolute atomic E-state index is 0.0744. The molecule has 0 spiro atoms. The molecule has 128 valence electrons. The van der Waals surface area contributed by atoms with Crippen molar-refractivity contribution in [2.24, 2.45) is 0 Å². The molecule has 23 heavy (non-hydrogen) atoms. The minimum atomic E-state index is -4.75. The van der Waals surface area contributed by atoms with Crippen LogP contribution in [-0.4, -0.2) is 48.3 Å². The summed E-state index contributed by atoms with van der Waals surface area (Å²) in [5.74, 6) is 1.52. The summed E-state index contributed by atoms with van der Waals surface area (Å²) >= 11 is 1.79. The van der Waals surface area contributed by atoms with E-state index in [2.05, 4.69) is 10.1 Å². The third kappa shape index (κ3) is 5.95. The van der Waals surface area contributed by atoms with Crippen molar-refractivity contribution in [2.45, 2.75) is 25.4 Å². The fourth-order valence-corrected chi connectivity index (χ4v) is 3.27. The van der Waals surface area contributed by atoms with Gasteiger partial charge in [0.2, 0.25) is 5.91 Å². The summed E-state index contributed by atoms with van der Waals surface area (Å²) in [6, 6.07) is 5.98. The van der Waals surface area contributed by atoms with Gasteiger partial charge in [-0.15, -0.1) is 13.2 Å². The molecule has 4 nitrogen and oxygen atoms in total. The lowest BCUT2D eigenvalue weighted by molar-refractivity contribution is -0.275. The maximum Gasteiger partial charge on any atom is 0.573 e. The summed E-state index contributed by atoms with van der Waals surface area (Å²) in [5, 5.41) is 3.27. The Morgan fingerprint density at radius 2 is 2.17 bits per heavy atom. The van der Waals surface area contributed by atoms with E-state index in [-0.39, 0.29) is 24.2 Å². The Morgan fingerprint density at radius 1 is 1.43 bits per heavy atom. The van der Waals surface area contributed by atoms with Gasteiger partial charge in [0, 0.05) is 49.7 Å². The number of nitrogens with one attached hydrogen (secondary N) is 1. The molecule has 8 heteroatoms. The standard InChI is InChI=1S/C15H19F3N2O2S/c1-20(14(21)8-12-10-23-7-6-19-12)9-11-4-2-3-5-13(11)22-15(16,17)18/h2-5,12,19H,6-10H2,1H3. The number of para-hydroxylation sites is 1. The second kappa shape index (κ2) is 7.92. The third-order valence-corrected chi connectivity index (χ3v) is 4.58. The molecule has 1 aromatic carbocycles. The third-order valence-electron chi connectivity index (χ3n) is 3.45. The van der Waals surface area contributed by atoms with Gasteiger partial charge in [-0.05, 0) is 6.07 Å². The van der Waals surface area contributed by atoms with Crippen molar-refractivity contribution in [3.63, 3.8) is 0 Å². The topological polar surface area (TPSA) is 41.6 Å². The number of alkyl halides is 3. The number of halogens is 3. The van der Waals surface area contributed by atoms with E-state index < -0.39 is 6.36 Å². The molecule has 1 aliphatic rings. The number of carbonyl (C=O) groups excluding carboxylic acids is 1. The highest BCUT2D eigenvalue weighted by atomic mass is 32.2. The average Bonchev–Trinajstić information content (AvgIpc) is 2.48. The summed E-state index contributed by atoms with van der Waals surface area (Å²) in [6.45, 7) is 0.944. The molecular formula is C15H19F3N2O2S. The zero-order valence-electron chi connectivity index (χ0n) is 12.7. The van der Waals surface area contributed by atoms with Crippen LogP contribution < -0.4 is 10.1 Å². The van der Waals surface area contributed by atoms with Crippen LogP contribution in [0.2, 0.25) is 0 Å². The number of hydrogen-bond acceptors (Lipinski definition) is 4. The summed E-state index contributed by atoms with van der Waals surface area (Å²) in [6.07, 6.45) is -4.41. The van der Waals surface area contributed by atoms with Gasteiger partial charge in [-0.25, -0.2) is 0 Å². The van der Waals surface area contributed by atoms with E-state index in [0.29, 0.717) is 12.0 Å². The van der Waals surface area contributed by atoms with Crippen LogP contribution in [0, 0.1) is 0 Å². The van der Waals surface area contributed by atoms with Gasteiger partial charge in [0.1, 0.15) is 5.75 Å². The number of thioether (sulfide) groups is 1. The highest BCUT2D eigenvalue weighted by Crippen LogP contribution is 2.27. The van der Waals surface area contributed by atoms with Crippen molar-refractivity contribution in [3.05, 3.63) is 29.8 Å². The molecule has 1 saturated heterocycles. The van der Waals surface area contributed by atoms with Crippen molar-refractivity contribution in [2.75, 3.05) is 25.1 Å². The molecule has 0 bridgehead atoms. The minimum Gasteiger partial charge on any atom is -0.405 e. The Hall–Kier alpha value is -1.41. The first-order valence-electron chi connectivity index (χ1n) is 7.24. The van der Waals surface area contributed by atoms with Gasteiger partial charge in [0.05, 0.1) is 0 Å². The van der Waals surface area contributed by atoms with Crippen molar-refractivity contribution >= 4 is 17.7 Å². The van der Waals surface area contributed by atoms with Crippen LogP contribution in [0.15, 0.2) is 24.3 Å². The maximum absolute atomic E-state index is 12.4. The monoisotopic (exact) mass is 348 g/mol. The van der Waals surface area contributed by atoms with Crippen molar-refractivity contribution in [1.82, 2.24) is 10.2 Å². The van der Waals surface area contributed by atoms with Crippen molar-refractivity contribution < 1.29 is 22.7 Å². The van der Waals surface area contributed by atoms with E-state index in [1.54, 1.807) is 24.9 Å². The lowest BCUT2D eigenvalue weighted by Crippen LogP contribution is -2.41. The molecule has 1 heterocycles. The lowest BCUT2D eigenvalue weighted by atomic mass is 10.1. The number of nitrogens with zero attached hydrogens (tertiary/aromatic N) is 1. The summed E-state index contributed by atoms with van der Waals surface area (Å²) < 4.78 is 41.2. The number of carbonyl (C=O) groups is 1.